The largest absolute Gasteiger partial charge is 0.457 e. The van der Waals surface area contributed by atoms with Crippen molar-refractivity contribution in [3.8, 4) is 11.5 Å². The summed E-state index contributed by atoms with van der Waals surface area (Å²) >= 11 is 1.60. The van der Waals surface area contributed by atoms with Crippen LogP contribution in [0.4, 0.5) is 5.69 Å². The number of hydrogen-bond donors (Lipinski definition) is 2. The van der Waals surface area contributed by atoms with E-state index in [1.165, 1.54) is 0 Å². The summed E-state index contributed by atoms with van der Waals surface area (Å²) in [5, 5.41) is 0. The van der Waals surface area contributed by atoms with Crippen LogP contribution in [0.15, 0.2) is 54.6 Å². The van der Waals surface area contributed by atoms with Crippen molar-refractivity contribution < 1.29 is 4.74 Å². The number of hydrogen-bond acceptors (Lipinski definition) is 4. The minimum Gasteiger partial charge on any atom is -0.457 e. The van der Waals surface area contributed by atoms with Crippen molar-refractivity contribution in [3.63, 3.8) is 0 Å². The molecular formula is C14H16N2OS. The highest BCUT2D eigenvalue weighted by molar-refractivity contribution is 8.00. The Labute approximate surface area is 111 Å². The minimum atomic E-state index is 0.673. The van der Waals surface area contributed by atoms with E-state index in [-0.39, 0.29) is 0 Å². The summed E-state index contributed by atoms with van der Waals surface area (Å²) in [7, 11) is 0. The standard InChI is InChI=1S/C14H16N2OS/c15-10-11-18-16-12-6-8-14(9-7-12)17-13-4-2-1-3-5-13/h1-9,16H,10-11,15H2. The molecule has 0 aliphatic rings. The third kappa shape index (κ3) is 3.98. The lowest BCUT2D eigenvalue weighted by molar-refractivity contribution is 0.483. The number of anilines is 1. The molecule has 0 aliphatic heterocycles. The molecule has 0 atom stereocenters. The number of rotatable bonds is 6. The van der Waals surface area contributed by atoms with Gasteiger partial charge in [-0.3, -0.25) is 0 Å². The van der Waals surface area contributed by atoms with Gasteiger partial charge in [-0.15, -0.1) is 0 Å². The van der Waals surface area contributed by atoms with Gasteiger partial charge in [-0.1, -0.05) is 30.1 Å². The number of nitrogens with one attached hydrogen (secondary N) is 1. The van der Waals surface area contributed by atoms with Crippen LogP contribution in [-0.2, 0) is 0 Å². The van der Waals surface area contributed by atoms with Crippen molar-refractivity contribution in [2.75, 3.05) is 17.0 Å². The monoisotopic (exact) mass is 260 g/mol. The molecule has 2 aromatic rings. The van der Waals surface area contributed by atoms with Crippen LogP contribution in [-0.4, -0.2) is 12.3 Å². The van der Waals surface area contributed by atoms with Crippen LogP contribution in [0.2, 0.25) is 0 Å². The Morgan fingerprint density at radius 3 is 2.28 bits per heavy atom. The average Bonchev–Trinajstić information content (AvgIpc) is 2.42. The van der Waals surface area contributed by atoms with Crippen molar-refractivity contribution in [1.29, 1.82) is 0 Å². The molecule has 0 saturated heterocycles. The van der Waals surface area contributed by atoms with E-state index in [0.29, 0.717) is 6.54 Å². The zero-order valence-electron chi connectivity index (χ0n) is 10.0. The van der Waals surface area contributed by atoms with Crippen molar-refractivity contribution >= 4 is 17.6 Å². The molecule has 4 heteroatoms. The molecule has 0 amide bonds. The lowest BCUT2D eigenvalue weighted by Gasteiger charge is -2.07. The normalized spacial score (nSPS) is 10.1. The number of benzene rings is 2. The zero-order chi connectivity index (χ0) is 12.6. The van der Waals surface area contributed by atoms with Gasteiger partial charge in [0.05, 0.1) is 0 Å². The van der Waals surface area contributed by atoms with E-state index in [1.54, 1.807) is 11.9 Å². The molecule has 0 spiro atoms. The Hall–Kier alpha value is -1.65. The fraction of sp³-hybridized carbons (Fsp3) is 0.143. The highest BCUT2D eigenvalue weighted by Gasteiger charge is 1.97. The first kappa shape index (κ1) is 12.8. The van der Waals surface area contributed by atoms with Gasteiger partial charge in [-0.25, -0.2) is 0 Å². The second-order valence-corrected chi connectivity index (χ2v) is 4.58. The van der Waals surface area contributed by atoms with Gasteiger partial charge < -0.3 is 15.2 Å². The number of ether oxygens (including phenoxy) is 1. The van der Waals surface area contributed by atoms with E-state index in [9.17, 15) is 0 Å². The first-order valence-corrected chi connectivity index (χ1v) is 6.78. The zero-order valence-corrected chi connectivity index (χ0v) is 10.8. The molecule has 0 fully saturated rings. The van der Waals surface area contributed by atoms with Crippen LogP contribution in [0.3, 0.4) is 0 Å². The minimum absolute atomic E-state index is 0.673. The topological polar surface area (TPSA) is 47.3 Å². The van der Waals surface area contributed by atoms with Crippen LogP contribution in [0.5, 0.6) is 11.5 Å². The van der Waals surface area contributed by atoms with Gasteiger partial charge in [-0.2, -0.15) is 0 Å². The van der Waals surface area contributed by atoms with Crippen LogP contribution >= 0.6 is 11.9 Å². The van der Waals surface area contributed by atoms with E-state index in [1.807, 2.05) is 54.6 Å². The third-order valence-electron chi connectivity index (χ3n) is 2.24. The Bertz CT molecular complexity index is 459. The van der Waals surface area contributed by atoms with Gasteiger partial charge in [0.2, 0.25) is 0 Å². The fourth-order valence-corrected chi connectivity index (χ4v) is 1.93. The molecule has 94 valence electrons. The molecule has 0 heterocycles. The van der Waals surface area contributed by atoms with Crippen LogP contribution in [0, 0.1) is 0 Å². The molecule has 0 saturated carbocycles. The van der Waals surface area contributed by atoms with Crippen LogP contribution in [0.1, 0.15) is 0 Å². The maximum Gasteiger partial charge on any atom is 0.127 e. The SMILES string of the molecule is NCCSNc1ccc(Oc2ccccc2)cc1. The van der Waals surface area contributed by atoms with E-state index >= 15 is 0 Å². The predicted molar refractivity (Wildman–Crippen MR) is 78.1 cm³/mol. The van der Waals surface area contributed by atoms with Gasteiger partial charge in [0.15, 0.2) is 0 Å². The molecule has 0 aromatic heterocycles. The summed E-state index contributed by atoms with van der Waals surface area (Å²) in [6.07, 6.45) is 0. The second-order valence-electron chi connectivity index (χ2n) is 3.68. The Morgan fingerprint density at radius 1 is 0.944 bits per heavy atom. The molecule has 0 radical (unpaired) electrons. The lowest BCUT2D eigenvalue weighted by Crippen LogP contribution is -2.03. The lowest BCUT2D eigenvalue weighted by atomic mass is 10.3. The van der Waals surface area contributed by atoms with Crippen molar-refractivity contribution in [2.45, 2.75) is 0 Å². The summed E-state index contributed by atoms with van der Waals surface area (Å²) in [4.78, 5) is 0. The number of nitrogens with two attached hydrogens (primary N) is 1. The third-order valence-corrected chi connectivity index (χ3v) is 3.06. The summed E-state index contributed by atoms with van der Waals surface area (Å²) < 4.78 is 8.92. The van der Waals surface area contributed by atoms with Crippen molar-refractivity contribution in [3.05, 3.63) is 54.6 Å². The van der Waals surface area contributed by atoms with Crippen molar-refractivity contribution in [2.24, 2.45) is 5.73 Å². The molecule has 2 aromatic carbocycles. The molecule has 3 N–H and O–H groups in total. The first-order valence-electron chi connectivity index (χ1n) is 5.79. The molecule has 0 unspecified atom stereocenters. The summed E-state index contributed by atoms with van der Waals surface area (Å²) in [5.74, 6) is 2.56. The molecule has 2 rings (SSSR count). The molecule has 0 bridgehead atoms. The highest BCUT2D eigenvalue weighted by Crippen LogP contribution is 2.23. The summed E-state index contributed by atoms with van der Waals surface area (Å²) in [6.45, 7) is 0.673. The van der Waals surface area contributed by atoms with Crippen LogP contribution in [0.25, 0.3) is 0 Å². The first-order chi connectivity index (χ1) is 8.88. The smallest absolute Gasteiger partial charge is 0.127 e. The quantitative estimate of drug-likeness (QED) is 0.616. The van der Waals surface area contributed by atoms with Gasteiger partial charge in [0.25, 0.3) is 0 Å². The summed E-state index contributed by atoms with van der Waals surface area (Å²) in [6, 6.07) is 17.6. The van der Waals surface area contributed by atoms with Crippen molar-refractivity contribution in [1.82, 2.24) is 0 Å². The van der Waals surface area contributed by atoms with E-state index in [4.69, 9.17) is 10.5 Å². The molecule has 0 aliphatic carbocycles. The van der Waals surface area contributed by atoms with E-state index in [2.05, 4.69) is 4.72 Å². The average molecular weight is 260 g/mol. The van der Waals surface area contributed by atoms with Gasteiger partial charge in [0, 0.05) is 18.0 Å². The summed E-state index contributed by atoms with van der Waals surface area (Å²) in [5.41, 5.74) is 6.47. The van der Waals surface area contributed by atoms with Crippen LogP contribution < -0.4 is 15.2 Å². The molecular weight excluding hydrogens is 244 g/mol. The van der Waals surface area contributed by atoms with Gasteiger partial charge in [0.1, 0.15) is 11.5 Å². The Kier molecular flexibility index (Phi) is 4.93. The predicted octanol–water partition coefficient (Wildman–Crippen LogP) is 3.50. The molecule has 18 heavy (non-hydrogen) atoms. The fourth-order valence-electron chi connectivity index (χ4n) is 1.41. The van der Waals surface area contributed by atoms with E-state index in [0.717, 1.165) is 22.9 Å². The second kappa shape index (κ2) is 6.93. The maximum atomic E-state index is 5.70. The Morgan fingerprint density at radius 2 is 1.61 bits per heavy atom. The Balaban J connectivity index is 1.91. The van der Waals surface area contributed by atoms with E-state index < -0.39 is 0 Å². The highest BCUT2D eigenvalue weighted by atomic mass is 32.2. The van der Waals surface area contributed by atoms with Gasteiger partial charge in [-0.05, 0) is 36.4 Å². The number of para-hydroxylation sites is 1. The molecule has 3 nitrogen and oxygen atoms in total. The van der Waals surface area contributed by atoms with Gasteiger partial charge >= 0.3 is 0 Å². The maximum absolute atomic E-state index is 5.70.